The van der Waals surface area contributed by atoms with Gasteiger partial charge in [0.15, 0.2) is 0 Å². The van der Waals surface area contributed by atoms with E-state index in [1.54, 1.807) is 4.90 Å². The lowest BCUT2D eigenvalue weighted by atomic mass is 10.2. The summed E-state index contributed by atoms with van der Waals surface area (Å²) >= 11 is 1.50. The molecule has 120 valence electrons. The first-order valence-corrected chi connectivity index (χ1v) is 8.89. The van der Waals surface area contributed by atoms with E-state index in [2.05, 4.69) is 0 Å². The second kappa shape index (κ2) is 7.24. The van der Waals surface area contributed by atoms with Crippen molar-refractivity contribution in [3.63, 3.8) is 0 Å². The Bertz CT molecular complexity index is 505. The van der Waals surface area contributed by atoms with Gasteiger partial charge in [-0.3, -0.25) is 9.59 Å². The molecule has 2 aliphatic rings. The number of likely N-dealkylation sites (tertiary alicyclic amines) is 1. The molecule has 6 heteroatoms. The Labute approximate surface area is 134 Å². The van der Waals surface area contributed by atoms with Crippen LogP contribution in [0.2, 0.25) is 0 Å². The fraction of sp³-hybridized carbons (Fsp3) is 0.625. The molecule has 22 heavy (non-hydrogen) atoms. The number of carbonyl (C=O) groups excluding carboxylic acids is 2. The smallest absolute Gasteiger partial charge is 0.255 e. The van der Waals surface area contributed by atoms with Gasteiger partial charge in [-0.1, -0.05) is 0 Å². The van der Waals surface area contributed by atoms with Gasteiger partial charge in [-0.2, -0.15) is 11.3 Å². The summed E-state index contributed by atoms with van der Waals surface area (Å²) in [6.07, 6.45) is 4.19. The first kappa shape index (κ1) is 15.5. The van der Waals surface area contributed by atoms with Gasteiger partial charge in [0.2, 0.25) is 5.91 Å². The van der Waals surface area contributed by atoms with E-state index in [9.17, 15) is 9.59 Å². The lowest BCUT2D eigenvalue weighted by molar-refractivity contribution is -0.131. The molecule has 0 bridgehead atoms. The van der Waals surface area contributed by atoms with E-state index in [0.717, 1.165) is 45.4 Å². The molecule has 0 unspecified atom stereocenters. The molecule has 2 fully saturated rings. The van der Waals surface area contributed by atoms with E-state index >= 15 is 0 Å². The third-order valence-corrected chi connectivity index (χ3v) is 4.97. The van der Waals surface area contributed by atoms with E-state index in [1.807, 2.05) is 21.7 Å². The number of nitrogens with zero attached hydrogens (tertiary/aromatic N) is 2. The largest absolute Gasteiger partial charge is 0.376 e. The van der Waals surface area contributed by atoms with E-state index in [0.29, 0.717) is 12.1 Å². The molecule has 0 spiro atoms. The lowest BCUT2D eigenvalue weighted by Gasteiger charge is -2.27. The molecule has 2 saturated heterocycles. The minimum absolute atomic E-state index is 0.0547. The van der Waals surface area contributed by atoms with E-state index in [1.165, 1.54) is 11.3 Å². The maximum absolute atomic E-state index is 12.7. The van der Waals surface area contributed by atoms with Crippen LogP contribution in [0, 0.1) is 0 Å². The zero-order chi connectivity index (χ0) is 15.4. The van der Waals surface area contributed by atoms with Crippen LogP contribution < -0.4 is 0 Å². The quantitative estimate of drug-likeness (QED) is 0.833. The maximum atomic E-state index is 12.7. The number of hydrogen-bond acceptors (Lipinski definition) is 4. The van der Waals surface area contributed by atoms with Crippen LogP contribution in [0.3, 0.4) is 0 Å². The summed E-state index contributed by atoms with van der Waals surface area (Å²) < 4.78 is 5.64. The van der Waals surface area contributed by atoms with Gasteiger partial charge >= 0.3 is 0 Å². The van der Waals surface area contributed by atoms with Gasteiger partial charge in [0.25, 0.3) is 5.91 Å². The molecule has 3 rings (SSSR count). The molecule has 0 aromatic carbocycles. The van der Waals surface area contributed by atoms with Crippen molar-refractivity contribution >= 4 is 23.2 Å². The van der Waals surface area contributed by atoms with Crippen molar-refractivity contribution in [2.75, 3.05) is 32.8 Å². The number of hydrogen-bond donors (Lipinski definition) is 0. The van der Waals surface area contributed by atoms with Gasteiger partial charge in [-0.05, 0) is 37.1 Å². The Kier molecular flexibility index (Phi) is 5.10. The fourth-order valence-electron chi connectivity index (χ4n) is 3.05. The molecule has 0 N–H and O–H groups in total. The summed E-state index contributed by atoms with van der Waals surface area (Å²) in [5.41, 5.74) is 0.664. The SMILES string of the molecule is O=C(CN(C[C@H]1CCCO1)C(=O)c1ccsc1)N1CCCC1. The molecule has 0 radical (unpaired) electrons. The molecule has 1 aromatic heterocycles. The van der Waals surface area contributed by atoms with Crippen LogP contribution >= 0.6 is 11.3 Å². The summed E-state index contributed by atoms with van der Waals surface area (Å²) in [5, 5.41) is 3.73. The van der Waals surface area contributed by atoms with Crippen LogP contribution in [0.4, 0.5) is 0 Å². The third-order valence-electron chi connectivity index (χ3n) is 4.29. The van der Waals surface area contributed by atoms with Crippen molar-refractivity contribution in [2.24, 2.45) is 0 Å². The molecular formula is C16H22N2O3S. The summed E-state index contributed by atoms with van der Waals surface area (Å²) in [5.74, 6) is -0.0108. The third kappa shape index (κ3) is 3.67. The highest BCUT2D eigenvalue weighted by atomic mass is 32.1. The fourth-order valence-corrected chi connectivity index (χ4v) is 3.68. The summed E-state index contributed by atoms with van der Waals surface area (Å²) in [4.78, 5) is 28.6. The van der Waals surface area contributed by atoms with Gasteiger partial charge in [0.1, 0.15) is 6.54 Å². The molecule has 2 aliphatic heterocycles. The van der Waals surface area contributed by atoms with Gasteiger partial charge in [-0.15, -0.1) is 0 Å². The number of carbonyl (C=O) groups is 2. The predicted molar refractivity (Wildman–Crippen MR) is 85.0 cm³/mol. The standard InChI is InChI=1S/C16H22N2O3S/c19-15(17-6-1-2-7-17)11-18(10-14-4-3-8-21-14)16(20)13-5-9-22-12-13/h5,9,12,14H,1-4,6-8,10-11H2/t14-/m1/s1. The first-order chi connectivity index (χ1) is 10.7. The monoisotopic (exact) mass is 322 g/mol. The average Bonchev–Trinajstić information content (AvgIpc) is 3.26. The Morgan fingerprint density at radius 1 is 1.32 bits per heavy atom. The predicted octanol–water partition coefficient (Wildman–Crippen LogP) is 1.99. The average molecular weight is 322 g/mol. The molecule has 1 atom stereocenters. The van der Waals surface area contributed by atoms with Gasteiger partial charge in [0.05, 0.1) is 11.7 Å². The number of amides is 2. The minimum atomic E-state index is -0.0655. The first-order valence-electron chi connectivity index (χ1n) is 7.95. The lowest BCUT2D eigenvalue weighted by Crippen LogP contribution is -2.44. The number of rotatable bonds is 5. The topological polar surface area (TPSA) is 49.9 Å². The second-order valence-electron chi connectivity index (χ2n) is 5.92. The highest BCUT2D eigenvalue weighted by molar-refractivity contribution is 7.08. The Hall–Kier alpha value is -1.40. The van der Waals surface area contributed by atoms with Crippen molar-refractivity contribution in [3.8, 4) is 0 Å². The van der Waals surface area contributed by atoms with Crippen LogP contribution in [0.25, 0.3) is 0 Å². The second-order valence-corrected chi connectivity index (χ2v) is 6.70. The minimum Gasteiger partial charge on any atom is -0.376 e. The number of ether oxygens (including phenoxy) is 1. The molecule has 5 nitrogen and oxygen atoms in total. The normalized spacial score (nSPS) is 21.3. The summed E-state index contributed by atoms with van der Waals surface area (Å²) in [6, 6.07) is 1.82. The van der Waals surface area contributed by atoms with E-state index in [4.69, 9.17) is 4.74 Å². The van der Waals surface area contributed by atoms with Crippen LogP contribution in [-0.2, 0) is 9.53 Å². The zero-order valence-electron chi connectivity index (χ0n) is 12.7. The molecule has 2 amide bonds. The van der Waals surface area contributed by atoms with Crippen LogP contribution in [-0.4, -0.2) is 60.5 Å². The van der Waals surface area contributed by atoms with Crippen LogP contribution in [0.5, 0.6) is 0 Å². The van der Waals surface area contributed by atoms with E-state index in [-0.39, 0.29) is 24.5 Å². The van der Waals surface area contributed by atoms with Crippen molar-refractivity contribution in [1.29, 1.82) is 0 Å². The highest BCUT2D eigenvalue weighted by Crippen LogP contribution is 2.17. The van der Waals surface area contributed by atoms with Gasteiger partial charge in [0, 0.05) is 31.6 Å². The molecular weight excluding hydrogens is 300 g/mol. The Morgan fingerprint density at radius 3 is 2.77 bits per heavy atom. The molecule has 0 saturated carbocycles. The van der Waals surface area contributed by atoms with Crippen LogP contribution in [0.1, 0.15) is 36.0 Å². The van der Waals surface area contributed by atoms with Crippen molar-refractivity contribution < 1.29 is 14.3 Å². The van der Waals surface area contributed by atoms with Gasteiger partial charge < -0.3 is 14.5 Å². The van der Waals surface area contributed by atoms with Crippen molar-refractivity contribution in [1.82, 2.24) is 9.80 Å². The number of thiophene rings is 1. The molecule has 3 heterocycles. The van der Waals surface area contributed by atoms with E-state index < -0.39 is 0 Å². The summed E-state index contributed by atoms with van der Waals surface area (Å²) in [7, 11) is 0. The van der Waals surface area contributed by atoms with Crippen molar-refractivity contribution in [2.45, 2.75) is 31.8 Å². The highest BCUT2D eigenvalue weighted by Gasteiger charge is 2.27. The van der Waals surface area contributed by atoms with Crippen LogP contribution in [0.15, 0.2) is 16.8 Å². The Balaban J connectivity index is 1.67. The van der Waals surface area contributed by atoms with Gasteiger partial charge in [-0.25, -0.2) is 0 Å². The van der Waals surface area contributed by atoms with Crippen molar-refractivity contribution in [3.05, 3.63) is 22.4 Å². The molecule has 1 aromatic rings. The molecule has 0 aliphatic carbocycles. The summed E-state index contributed by atoms with van der Waals surface area (Å²) in [6.45, 7) is 3.06. The maximum Gasteiger partial charge on any atom is 0.255 e. The Morgan fingerprint density at radius 2 is 2.14 bits per heavy atom. The zero-order valence-corrected chi connectivity index (χ0v) is 13.5.